The molecule has 0 bridgehead atoms. The number of amides is 1. The molecule has 0 aliphatic rings. The highest BCUT2D eigenvalue weighted by Crippen LogP contribution is 2.18. The smallest absolute Gasteiger partial charge is 0.255 e. The number of aryl methyl sites for hydroxylation is 3. The highest BCUT2D eigenvalue weighted by Gasteiger charge is 2.08. The van der Waals surface area contributed by atoms with Crippen LogP contribution in [-0.2, 0) is 13.0 Å². The second-order valence-corrected chi connectivity index (χ2v) is 6.82. The van der Waals surface area contributed by atoms with Gasteiger partial charge in [-0.15, -0.1) is 0 Å². The average Bonchev–Trinajstić information content (AvgIpc) is 2.69. The van der Waals surface area contributed by atoms with E-state index in [1.54, 1.807) is 0 Å². The van der Waals surface area contributed by atoms with Gasteiger partial charge in [-0.05, 0) is 72.9 Å². The average molecular weight is 358 g/mol. The third-order valence-corrected chi connectivity index (χ3v) is 4.84. The zero-order valence-electron chi connectivity index (χ0n) is 16.2. The third-order valence-electron chi connectivity index (χ3n) is 4.84. The number of anilines is 2. The summed E-state index contributed by atoms with van der Waals surface area (Å²) in [5.41, 5.74) is 7.38. The number of benzene rings is 3. The minimum Gasteiger partial charge on any atom is -0.381 e. The van der Waals surface area contributed by atoms with Crippen LogP contribution in [0.3, 0.4) is 0 Å². The SMILES string of the molecule is CCc1ccccc1NCc1cccc(C(=O)Nc2ccc(C)c(C)c2)c1. The number of hydrogen-bond donors (Lipinski definition) is 2. The highest BCUT2D eigenvalue weighted by atomic mass is 16.1. The van der Waals surface area contributed by atoms with E-state index in [9.17, 15) is 4.79 Å². The van der Waals surface area contributed by atoms with Crippen molar-refractivity contribution in [2.45, 2.75) is 33.7 Å². The van der Waals surface area contributed by atoms with Crippen LogP contribution in [0.2, 0.25) is 0 Å². The number of carbonyl (C=O) groups is 1. The van der Waals surface area contributed by atoms with E-state index in [-0.39, 0.29) is 5.91 Å². The van der Waals surface area contributed by atoms with Gasteiger partial charge in [0.05, 0.1) is 0 Å². The maximum absolute atomic E-state index is 12.6. The van der Waals surface area contributed by atoms with Gasteiger partial charge >= 0.3 is 0 Å². The summed E-state index contributed by atoms with van der Waals surface area (Å²) in [4.78, 5) is 12.6. The van der Waals surface area contributed by atoms with Crippen molar-refractivity contribution in [3.05, 3.63) is 94.5 Å². The first-order valence-corrected chi connectivity index (χ1v) is 9.36. The van der Waals surface area contributed by atoms with E-state index in [1.807, 2.05) is 55.5 Å². The van der Waals surface area contributed by atoms with Crippen LogP contribution in [0.1, 0.15) is 39.5 Å². The van der Waals surface area contributed by atoms with Gasteiger partial charge in [0.1, 0.15) is 0 Å². The van der Waals surface area contributed by atoms with Crippen LogP contribution in [0.5, 0.6) is 0 Å². The van der Waals surface area contributed by atoms with Crippen molar-refractivity contribution in [3.8, 4) is 0 Å². The summed E-state index contributed by atoms with van der Waals surface area (Å²) >= 11 is 0. The fourth-order valence-corrected chi connectivity index (χ4v) is 3.04. The van der Waals surface area contributed by atoms with Gasteiger partial charge in [0, 0.05) is 23.5 Å². The van der Waals surface area contributed by atoms with Crippen molar-refractivity contribution >= 4 is 17.3 Å². The molecule has 0 fully saturated rings. The molecule has 3 aromatic carbocycles. The lowest BCUT2D eigenvalue weighted by atomic mass is 10.1. The molecular weight excluding hydrogens is 332 g/mol. The Hall–Kier alpha value is -3.07. The largest absolute Gasteiger partial charge is 0.381 e. The minimum absolute atomic E-state index is 0.0888. The topological polar surface area (TPSA) is 41.1 Å². The molecule has 3 aromatic rings. The van der Waals surface area contributed by atoms with E-state index in [4.69, 9.17) is 0 Å². The van der Waals surface area contributed by atoms with Crippen LogP contribution in [0.4, 0.5) is 11.4 Å². The standard InChI is InChI=1S/C24H26N2O/c1-4-20-9-5-6-11-23(20)25-16-19-8-7-10-21(15-19)24(27)26-22-13-12-17(2)18(3)14-22/h5-15,25H,4,16H2,1-3H3,(H,26,27). The Morgan fingerprint density at radius 3 is 2.48 bits per heavy atom. The fourth-order valence-electron chi connectivity index (χ4n) is 3.04. The molecule has 3 nitrogen and oxygen atoms in total. The first-order chi connectivity index (χ1) is 13.1. The molecular formula is C24H26N2O. The van der Waals surface area contributed by atoms with Crippen LogP contribution in [-0.4, -0.2) is 5.91 Å². The van der Waals surface area contributed by atoms with Gasteiger partial charge in [-0.25, -0.2) is 0 Å². The normalized spacial score (nSPS) is 10.5. The van der Waals surface area contributed by atoms with Crippen molar-refractivity contribution in [1.82, 2.24) is 0 Å². The second-order valence-electron chi connectivity index (χ2n) is 6.82. The van der Waals surface area contributed by atoms with Gasteiger partial charge in [-0.1, -0.05) is 43.3 Å². The van der Waals surface area contributed by atoms with Gasteiger partial charge in [-0.2, -0.15) is 0 Å². The molecule has 0 saturated carbocycles. The fraction of sp³-hybridized carbons (Fsp3) is 0.208. The van der Waals surface area contributed by atoms with Crippen LogP contribution < -0.4 is 10.6 Å². The summed E-state index contributed by atoms with van der Waals surface area (Å²) in [5.74, 6) is -0.0888. The summed E-state index contributed by atoms with van der Waals surface area (Å²) in [5, 5.41) is 6.46. The number of rotatable bonds is 6. The molecule has 0 saturated heterocycles. The lowest BCUT2D eigenvalue weighted by Crippen LogP contribution is -2.13. The van der Waals surface area contributed by atoms with E-state index in [1.165, 1.54) is 16.7 Å². The zero-order valence-corrected chi connectivity index (χ0v) is 16.2. The van der Waals surface area contributed by atoms with Crippen molar-refractivity contribution in [3.63, 3.8) is 0 Å². The minimum atomic E-state index is -0.0888. The molecule has 2 N–H and O–H groups in total. The Morgan fingerprint density at radius 2 is 1.70 bits per heavy atom. The van der Waals surface area contributed by atoms with Crippen LogP contribution in [0, 0.1) is 13.8 Å². The molecule has 0 radical (unpaired) electrons. The molecule has 0 atom stereocenters. The molecule has 0 spiro atoms. The van der Waals surface area contributed by atoms with Crippen molar-refractivity contribution in [1.29, 1.82) is 0 Å². The quantitative estimate of drug-likeness (QED) is 0.591. The number of para-hydroxylation sites is 1. The van der Waals surface area contributed by atoms with E-state index >= 15 is 0 Å². The molecule has 3 heteroatoms. The lowest BCUT2D eigenvalue weighted by Gasteiger charge is -2.12. The van der Waals surface area contributed by atoms with E-state index < -0.39 is 0 Å². The van der Waals surface area contributed by atoms with E-state index in [2.05, 4.69) is 42.7 Å². The molecule has 0 aliphatic carbocycles. The Balaban J connectivity index is 1.69. The van der Waals surface area contributed by atoms with Crippen LogP contribution in [0.25, 0.3) is 0 Å². The number of nitrogens with one attached hydrogen (secondary N) is 2. The van der Waals surface area contributed by atoms with Gasteiger partial charge in [0.2, 0.25) is 0 Å². The maximum Gasteiger partial charge on any atom is 0.255 e. The van der Waals surface area contributed by atoms with Gasteiger partial charge in [0.15, 0.2) is 0 Å². The first-order valence-electron chi connectivity index (χ1n) is 9.36. The monoisotopic (exact) mass is 358 g/mol. The predicted molar refractivity (Wildman–Crippen MR) is 113 cm³/mol. The summed E-state index contributed by atoms with van der Waals surface area (Å²) in [6.45, 7) is 6.94. The first kappa shape index (κ1) is 18.7. The number of hydrogen-bond acceptors (Lipinski definition) is 2. The van der Waals surface area contributed by atoms with Crippen molar-refractivity contribution in [2.24, 2.45) is 0 Å². The van der Waals surface area contributed by atoms with Crippen LogP contribution >= 0.6 is 0 Å². The predicted octanol–water partition coefficient (Wildman–Crippen LogP) is 5.73. The Kier molecular flexibility index (Phi) is 5.92. The molecule has 27 heavy (non-hydrogen) atoms. The summed E-state index contributed by atoms with van der Waals surface area (Å²) in [7, 11) is 0. The van der Waals surface area contributed by atoms with Gasteiger partial charge < -0.3 is 10.6 Å². The Morgan fingerprint density at radius 1 is 0.889 bits per heavy atom. The highest BCUT2D eigenvalue weighted by molar-refractivity contribution is 6.04. The molecule has 0 aromatic heterocycles. The van der Waals surface area contributed by atoms with E-state index in [0.717, 1.165) is 23.4 Å². The van der Waals surface area contributed by atoms with Gasteiger partial charge in [0.25, 0.3) is 5.91 Å². The third kappa shape index (κ3) is 4.76. The molecule has 0 unspecified atom stereocenters. The van der Waals surface area contributed by atoms with Crippen molar-refractivity contribution < 1.29 is 4.79 Å². The van der Waals surface area contributed by atoms with Crippen LogP contribution in [0.15, 0.2) is 66.7 Å². The summed E-state index contributed by atoms with van der Waals surface area (Å²) < 4.78 is 0. The second kappa shape index (κ2) is 8.54. The maximum atomic E-state index is 12.6. The van der Waals surface area contributed by atoms with Gasteiger partial charge in [-0.3, -0.25) is 4.79 Å². The summed E-state index contributed by atoms with van der Waals surface area (Å²) in [6.07, 6.45) is 0.988. The zero-order chi connectivity index (χ0) is 19.2. The number of carbonyl (C=O) groups excluding carboxylic acids is 1. The molecule has 3 rings (SSSR count). The summed E-state index contributed by atoms with van der Waals surface area (Å²) in [6, 6.07) is 22.0. The van der Waals surface area contributed by atoms with Crippen molar-refractivity contribution in [2.75, 3.05) is 10.6 Å². The lowest BCUT2D eigenvalue weighted by molar-refractivity contribution is 0.102. The molecule has 1 amide bonds. The molecule has 0 aliphatic heterocycles. The Bertz CT molecular complexity index is 947. The molecule has 0 heterocycles. The van der Waals surface area contributed by atoms with E-state index in [0.29, 0.717) is 12.1 Å². The molecule has 138 valence electrons. The Labute approximate surface area is 161 Å².